The molecule has 2 aliphatic heterocycles. The van der Waals surface area contributed by atoms with Gasteiger partial charge in [0.15, 0.2) is 0 Å². The normalized spacial score (nSPS) is 18.8. The average molecular weight is 653 g/mol. The number of anilines is 1. The van der Waals surface area contributed by atoms with Crippen LogP contribution in [0.3, 0.4) is 0 Å². The van der Waals surface area contributed by atoms with Crippen LogP contribution < -0.4 is 26.0 Å². The first kappa shape index (κ1) is 31.7. The third-order valence-electron chi connectivity index (χ3n) is 8.44. The zero-order valence-corrected chi connectivity index (χ0v) is 25.0. The molecule has 47 heavy (non-hydrogen) atoms. The molecule has 0 radical (unpaired) electrons. The number of rotatable bonds is 7. The van der Waals surface area contributed by atoms with Gasteiger partial charge in [0, 0.05) is 41.4 Å². The van der Waals surface area contributed by atoms with Crippen molar-refractivity contribution in [1.82, 2.24) is 20.6 Å². The van der Waals surface area contributed by atoms with E-state index < -0.39 is 53.1 Å². The standard InChI is InChI=1S/C32H28F4N6O5/c1-16-9-18-10-19(11-22(24(18)39-13-16)42-8-7-38-29(42)45)27(43)40-14-31(46,32(34,35)36)23-12-21-26(47-15-30(21,2)28(37)44)25(41-23)17-3-5-20(33)6-4-17/h3-6,9-13,46H,7-8,14-15H2,1-2H3,(H2,37,44)(H,38,45)(H,40,43)/t30-,31-/m0/s1. The van der Waals surface area contributed by atoms with Crippen LogP contribution in [-0.4, -0.2) is 65.3 Å². The van der Waals surface area contributed by atoms with Gasteiger partial charge in [-0.05, 0) is 67.9 Å². The Balaban J connectivity index is 1.42. The number of aryl methyl sites for hydroxylation is 1. The highest BCUT2D eigenvalue weighted by Crippen LogP contribution is 2.47. The second kappa shape index (κ2) is 11.2. The third-order valence-corrected chi connectivity index (χ3v) is 8.44. The van der Waals surface area contributed by atoms with Crippen molar-refractivity contribution in [2.75, 3.05) is 31.1 Å². The van der Waals surface area contributed by atoms with Gasteiger partial charge in [-0.15, -0.1) is 0 Å². The van der Waals surface area contributed by atoms with Crippen LogP contribution in [0, 0.1) is 12.7 Å². The van der Waals surface area contributed by atoms with Crippen LogP contribution in [0.1, 0.15) is 34.1 Å². The van der Waals surface area contributed by atoms with Gasteiger partial charge < -0.3 is 26.2 Å². The molecular weight excluding hydrogens is 624 g/mol. The summed E-state index contributed by atoms with van der Waals surface area (Å²) in [5, 5.41) is 16.6. The Labute approximate surface area is 264 Å². The minimum atomic E-state index is -5.40. The molecule has 11 nitrogen and oxygen atoms in total. The molecule has 0 bridgehead atoms. The minimum absolute atomic E-state index is 0.0474. The topological polar surface area (TPSA) is 160 Å². The van der Waals surface area contributed by atoms with Gasteiger partial charge in [-0.25, -0.2) is 14.2 Å². The van der Waals surface area contributed by atoms with Crippen molar-refractivity contribution < 1.29 is 41.8 Å². The number of halogens is 4. The predicted molar refractivity (Wildman–Crippen MR) is 161 cm³/mol. The molecule has 4 heterocycles. The molecule has 0 unspecified atom stereocenters. The maximum atomic E-state index is 14.8. The SMILES string of the molecule is Cc1cnc2c(N3CCNC3=O)cc(C(=O)NC[C@](O)(c3cc4c(c(-c5ccc(F)cc5)n3)OC[C@]4(C)C(N)=O)C(F)(F)F)cc2c1. The van der Waals surface area contributed by atoms with E-state index in [4.69, 9.17) is 10.5 Å². The number of carbonyl (C=O) groups excluding carboxylic acids is 3. The van der Waals surface area contributed by atoms with Gasteiger partial charge in [0.25, 0.3) is 5.91 Å². The molecule has 1 fully saturated rings. The Morgan fingerprint density at radius 2 is 1.89 bits per heavy atom. The van der Waals surface area contributed by atoms with Gasteiger partial charge in [0.05, 0.1) is 23.4 Å². The zero-order chi connectivity index (χ0) is 33.9. The smallest absolute Gasteiger partial charge is 0.424 e. The monoisotopic (exact) mass is 652 g/mol. The largest absolute Gasteiger partial charge is 0.489 e. The van der Waals surface area contributed by atoms with E-state index in [0.717, 1.165) is 23.8 Å². The van der Waals surface area contributed by atoms with E-state index in [9.17, 15) is 37.1 Å². The van der Waals surface area contributed by atoms with Gasteiger partial charge in [-0.3, -0.25) is 19.5 Å². The highest BCUT2D eigenvalue weighted by Gasteiger charge is 2.57. The summed E-state index contributed by atoms with van der Waals surface area (Å²) in [6.07, 6.45) is -3.81. The molecule has 2 aliphatic rings. The van der Waals surface area contributed by atoms with Crippen LogP contribution in [0.4, 0.5) is 28.0 Å². The summed E-state index contributed by atoms with van der Waals surface area (Å²) in [6.45, 7) is 2.06. The Kier molecular flexibility index (Phi) is 7.54. The van der Waals surface area contributed by atoms with Crippen LogP contribution in [0.5, 0.6) is 5.75 Å². The molecule has 2 aromatic heterocycles. The highest BCUT2D eigenvalue weighted by atomic mass is 19.4. The molecular formula is C32H28F4N6O5. The molecule has 244 valence electrons. The summed E-state index contributed by atoms with van der Waals surface area (Å²) < 4.78 is 63.9. The average Bonchev–Trinajstić information content (AvgIpc) is 3.61. The van der Waals surface area contributed by atoms with Crippen LogP contribution >= 0.6 is 0 Å². The number of alkyl halides is 3. The Morgan fingerprint density at radius 1 is 1.17 bits per heavy atom. The zero-order valence-electron chi connectivity index (χ0n) is 25.0. The molecule has 2 atom stereocenters. The maximum absolute atomic E-state index is 14.8. The quantitative estimate of drug-likeness (QED) is 0.222. The second-order valence-corrected chi connectivity index (χ2v) is 11.7. The van der Waals surface area contributed by atoms with Gasteiger partial charge in [-0.2, -0.15) is 13.2 Å². The number of hydrogen-bond acceptors (Lipinski definition) is 7. The summed E-state index contributed by atoms with van der Waals surface area (Å²) >= 11 is 0. The van der Waals surface area contributed by atoms with Crippen LogP contribution in [0.2, 0.25) is 0 Å². The van der Waals surface area contributed by atoms with E-state index in [1.807, 2.05) is 0 Å². The molecule has 1 saturated heterocycles. The lowest BCUT2D eigenvalue weighted by molar-refractivity contribution is -0.265. The fraction of sp³-hybridized carbons (Fsp3) is 0.281. The molecule has 6 rings (SSSR count). The summed E-state index contributed by atoms with van der Waals surface area (Å²) in [5.74, 6) is -2.55. The Hall–Kier alpha value is -5.31. The molecule has 0 saturated carbocycles. The van der Waals surface area contributed by atoms with Gasteiger partial charge >= 0.3 is 12.2 Å². The maximum Gasteiger partial charge on any atom is 0.424 e. The summed E-state index contributed by atoms with van der Waals surface area (Å²) in [7, 11) is 0. The summed E-state index contributed by atoms with van der Waals surface area (Å²) in [4.78, 5) is 48.3. The van der Waals surface area contributed by atoms with Gasteiger partial charge in [-0.1, -0.05) is 0 Å². The molecule has 2 aromatic carbocycles. The van der Waals surface area contributed by atoms with Gasteiger partial charge in [0.2, 0.25) is 11.5 Å². The lowest BCUT2D eigenvalue weighted by Crippen LogP contribution is -2.51. The Bertz CT molecular complexity index is 1950. The number of pyridine rings is 2. The van der Waals surface area contributed by atoms with Crippen molar-refractivity contribution in [2.45, 2.75) is 31.0 Å². The van der Waals surface area contributed by atoms with E-state index in [1.54, 1.807) is 19.2 Å². The number of fused-ring (bicyclic) bond motifs is 2. The number of aromatic nitrogens is 2. The molecule has 4 aromatic rings. The lowest BCUT2D eigenvalue weighted by atomic mass is 9.81. The number of amides is 4. The Morgan fingerprint density at radius 3 is 2.53 bits per heavy atom. The fourth-order valence-electron chi connectivity index (χ4n) is 5.63. The first-order valence-electron chi connectivity index (χ1n) is 14.4. The lowest BCUT2D eigenvalue weighted by Gasteiger charge is -2.31. The summed E-state index contributed by atoms with van der Waals surface area (Å²) in [5.41, 5.74) is 0.528. The first-order valence-corrected chi connectivity index (χ1v) is 14.4. The van der Waals surface area contributed by atoms with Crippen LogP contribution in [-0.2, 0) is 15.8 Å². The van der Waals surface area contributed by atoms with E-state index in [1.165, 1.54) is 36.1 Å². The fourth-order valence-corrected chi connectivity index (χ4v) is 5.63. The third kappa shape index (κ3) is 5.35. The van der Waals surface area contributed by atoms with E-state index in [-0.39, 0.29) is 47.0 Å². The second-order valence-electron chi connectivity index (χ2n) is 11.7. The van der Waals surface area contributed by atoms with Crippen molar-refractivity contribution in [1.29, 1.82) is 0 Å². The number of nitrogens with one attached hydrogen (secondary N) is 2. The number of nitrogens with zero attached hydrogens (tertiary/aromatic N) is 3. The molecule has 4 amide bonds. The van der Waals surface area contributed by atoms with Crippen molar-refractivity contribution in [3.05, 3.63) is 82.9 Å². The van der Waals surface area contributed by atoms with Gasteiger partial charge in [0.1, 0.15) is 29.3 Å². The van der Waals surface area contributed by atoms with Crippen LogP contribution in [0.25, 0.3) is 22.2 Å². The highest BCUT2D eigenvalue weighted by molar-refractivity contribution is 6.07. The van der Waals surface area contributed by atoms with Crippen molar-refractivity contribution in [3.63, 3.8) is 0 Å². The molecule has 0 aliphatic carbocycles. The van der Waals surface area contributed by atoms with Crippen molar-refractivity contribution in [3.8, 4) is 17.0 Å². The van der Waals surface area contributed by atoms with Crippen LogP contribution in [0.15, 0.2) is 54.7 Å². The van der Waals surface area contributed by atoms with E-state index in [0.29, 0.717) is 17.4 Å². The number of carbonyl (C=O) groups is 3. The molecule has 5 N–H and O–H groups in total. The van der Waals surface area contributed by atoms with E-state index in [2.05, 4.69) is 20.6 Å². The minimum Gasteiger partial charge on any atom is -0.489 e. The summed E-state index contributed by atoms with van der Waals surface area (Å²) in [6, 6.07) is 9.58. The number of nitrogens with two attached hydrogens (primary N) is 1. The first-order chi connectivity index (χ1) is 22.1. The number of primary amides is 1. The predicted octanol–water partition coefficient (Wildman–Crippen LogP) is 3.59. The number of benzene rings is 2. The number of urea groups is 1. The number of hydrogen-bond donors (Lipinski definition) is 4. The van der Waals surface area contributed by atoms with Crippen molar-refractivity contribution in [2.24, 2.45) is 5.73 Å². The molecule has 15 heteroatoms. The van der Waals surface area contributed by atoms with Crippen molar-refractivity contribution >= 4 is 34.4 Å². The van der Waals surface area contributed by atoms with E-state index >= 15 is 0 Å². The molecule has 0 spiro atoms. The number of ether oxygens (including phenoxy) is 1. The number of aliphatic hydroxyl groups is 1.